The minimum Gasteiger partial charge on any atom is -0.455 e. The van der Waals surface area contributed by atoms with Gasteiger partial charge >= 0.3 is 17.9 Å². The van der Waals surface area contributed by atoms with Crippen LogP contribution in [0.3, 0.4) is 0 Å². The predicted molar refractivity (Wildman–Crippen MR) is 46.3 cm³/mol. The highest BCUT2D eigenvalue weighted by atomic mass is 16.7. The molecule has 1 unspecified atom stereocenters. The van der Waals surface area contributed by atoms with Crippen molar-refractivity contribution in [2.24, 2.45) is 0 Å². The van der Waals surface area contributed by atoms with Crippen molar-refractivity contribution in [3.63, 3.8) is 0 Å². The molecule has 0 aromatic carbocycles. The third kappa shape index (κ3) is 3.63. The van der Waals surface area contributed by atoms with E-state index in [2.05, 4.69) is 20.8 Å². The molecule has 0 aromatic heterocycles. The Hall–Kier alpha value is -2.11. The smallest absolute Gasteiger partial charge is 0.334 e. The van der Waals surface area contributed by atoms with Gasteiger partial charge < -0.3 is 14.2 Å². The van der Waals surface area contributed by atoms with Gasteiger partial charge in [-0.15, -0.1) is 0 Å². The van der Waals surface area contributed by atoms with Gasteiger partial charge in [0, 0.05) is 18.2 Å². The molecule has 0 amide bonds. The molecule has 0 bridgehead atoms. The molecule has 80 valence electrons. The van der Waals surface area contributed by atoms with E-state index in [1.807, 2.05) is 0 Å². The molecule has 0 saturated carbocycles. The number of cyclic esters (lactones) is 2. The first kappa shape index (κ1) is 11.0. The number of ether oxygens (including phenoxy) is 3. The summed E-state index contributed by atoms with van der Waals surface area (Å²) in [6, 6.07) is 0. The van der Waals surface area contributed by atoms with Crippen molar-refractivity contribution in [3.8, 4) is 0 Å². The van der Waals surface area contributed by atoms with Crippen LogP contribution in [0.5, 0.6) is 0 Å². The zero-order chi connectivity index (χ0) is 11.3. The van der Waals surface area contributed by atoms with E-state index >= 15 is 0 Å². The molecule has 1 rings (SSSR count). The highest BCUT2D eigenvalue weighted by Crippen LogP contribution is 2.02. The third-order valence-corrected chi connectivity index (χ3v) is 1.38. The number of esters is 3. The number of hydrogen-bond donors (Lipinski definition) is 0. The van der Waals surface area contributed by atoms with Gasteiger partial charge in [0.15, 0.2) is 6.61 Å². The Morgan fingerprint density at radius 3 is 2.80 bits per heavy atom. The summed E-state index contributed by atoms with van der Waals surface area (Å²) in [6.45, 7) is 2.83. The number of rotatable bonds is 2. The van der Waals surface area contributed by atoms with Crippen LogP contribution in [0.4, 0.5) is 0 Å². The van der Waals surface area contributed by atoms with Crippen LogP contribution in [0.25, 0.3) is 0 Å². The van der Waals surface area contributed by atoms with Crippen LogP contribution in [-0.2, 0) is 28.6 Å². The summed E-state index contributed by atoms with van der Waals surface area (Å²) >= 11 is 0. The van der Waals surface area contributed by atoms with Gasteiger partial charge in [-0.25, -0.2) is 14.4 Å². The van der Waals surface area contributed by atoms with Crippen LogP contribution in [-0.4, -0.2) is 30.8 Å². The summed E-state index contributed by atoms with van der Waals surface area (Å²) < 4.78 is 13.8. The second kappa shape index (κ2) is 4.94. The minimum absolute atomic E-state index is 0.339. The molecule has 1 aliphatic heterocycles. The predicted octanol–water partition coefficient (Wildman–Crippen LogP) is -0.302. The molecule has 0 fully saturated rings. The van der Waals surface area contributed by atoms with Crippen molar-refractivity contribution < 1.29 is 28.6 Å². The third-order valence-electron chi connectivity index (χ3n) is 1.38. The van der Waals surface area contributed by atoms with Crippen LogP contribution in [0.15, 0.2) is 24.8 Å². The van der Waals surface area contributed by atoms with E-state index in [4.69, 9.17) is 0 Å². The molecule has 0 aromatic rings. The second-order valence-electron chi connectivity index (χ2n) is 2.47. The van der Waals surface area contributed by atoms with Crippen molar-refractivity contribution in [2.75, 3.05) is 6.61 Å². The summed E-state index contributed by atoms with van der Waals surface area (Å²) in [6.07, 6.45) is 1.48. The first-order valence-corrected chi connectivity index (χ1v) is 4.00. The normalized spacial score (nSPS) is 22.8. The quantitative estimate of drug-likeness (QED) is 0.461. The van der Waals surface area contributed by atoms with E-state index in [1.54, 1.807) is 0 Å². The van der Waals surface area contributed by atoms with E-state index < -0.39 is 24.2 Å². The van der Waals surface area contributed by atoms with E-state index in [1.165, 1.54) is 0 Å². The van der Waals surface area contributed by atoms with Crippen LogP contribution >= 0.6 is 0 Å². The fraction of sp³-hybridized carbons (Fsp3) is 0.222. The summed E-state index contributed by atoms with van der Waals surface area (Å²) in [7, 11) is 0. The van der Waals surface area contributed by atoms with Gasteiger partial charge in [-0.3, -0.25) is 0 Å². The number of carbonyl (C=O) groups excluding carboxylic acids is 3. The molecule has 0 saturated heterocycles. The monoisotopic (exact) mass is 212 g/mol. The zero-order valence-electron chi connectivity index (χ0n) is 7.67. The highest BCUT2D eigenvalue weighted by molar-refractivity contribution is 5.92. The topological polar surface area (TPSA) is 78.9 Å². The molecule has 6 nitrogen and oxygen atoms in total. The molecule has 0 N–H and O–H groups in total. The fourth-order valence-electron chi connectivity index (χ4n) is 0.773. The maximum absolute atomic E-state index is 10.9. The van der Waals surface area contributed by atoms with E-state index in [9.17, 15) is 14.4 Å². The summed E-state index contributed by atoms with van der Waals surface area (Å²) in [5.41, 5.74) is 0. The molecular formula is C9H8O6. The first-order chi connectivity index (χ1) is 7.11. The lowest BCUT2D eigenvalue weighted by Gasteiger charge is -2.17. The molecule has 6 heteroatoms. The van der Waals surface area contributed by atoms with Gasteiger partial charge in [0.25, 0.3) is 6.29 Å². The highest BCUT2D eigenvalue weighted by Gasteiger charge is 2.20. The van der Waals surface area contributed by atoms with Crippen molar-refractivity contribution >= 4 is 17.9 Å². The Morgan fingerprint density at radius 2 is 2.13 bits per heavy atom. The second-order valence-corrected chi connectivity index (χ2v) is 2.47. The average Bonchev–Trinajstić information content (AvgIpc) is 2.20. The summed E-state index contributed by atoms with van der Waals surface area (Å²) in [4.78, 5) is 32.5. The fourth-order valence-corrected chi connectivity index (χ4v) is 0.773. The van der Waals surface area contributed by atoms with Crippen LogP contribution in [0.1, 0.15) is 0 Å². The summed E-state index contributed by atoms with van der Waals surface area (Å²) in [5.74, 6) is -2.26. The van der Waals surface area contributed by atoms with Crippen molar-refractivity contribution in [2.45, 2.75) is 6.29 Å². The molecule has 1 heterocycles. The Kier molecular flexibility index (Phi) is 3.61. The SMILES string of the molecule is C=CC(=O)OC1COC(=O)/C=C\C(=O)O1. The molecule has 0 spiro atoms. The zero-order valence-corrected chi connectivity index (χ0v) is 7.67. The Morgan fingerprint density at radius 1 is 1.47 bits per heavy atom. The maximum atomic E-state index is 10.9. The van der Waals surface area contributed by atoms with Gasteiger partial charge in [-0.1, -0.05) is 6.58 Å². The van der Waals surface area contributed by atoms with Crippen LogP contribution < -0.4 is 0 Å². The van der Waals surface area contributed by atoms with E-state index in [0.29, 0.717) is 0 Å². The first-order valence-electron chi connectivity index (χ1n) is 4.00. The standard InChI is InChI=1S/C9H8O6/c1-2-6(10)14-9-5-13-7(11)3-4-8(12)15-9/h2-4,9H,1,5H2/b4-3-. The lowest BCUT2D eigenvalue weighted by molar-refractivity contribution is -0.193. The molecule has 1 atom stereocenters. The molecule has 15 heavy (non-hydrogen) atoms. The van der Waals surface area contributed by atoms with E-state index in [0.717, 1.165) is 18.2 Å². The Balaban J connectivity index is 2.62. The molecule has 0 radical (unpaired) electrons. The van der Waals surface area contributed by atoms with Crippen molar-refractivity contribution in [1.29, 1.82) is 0 Å². The van der Waals surface area contributed by atoms with Crippen LogP contribution in [0.2, 0.25) is 0 Å². The summed E-state index contributed by atoms with van der Waals surface area (Å²) in [5, 5.41) is 0. The minimum atomic E-state index is -1.24. The molecule has 1 aliphatic rings. The lowest BCUT2D eigenvalue weighted by Crippen LogP contribution is -2.30. The Labute approximate surface area is 85.1 Å². The van der Waals surface area contributed by atoms with Gasteiger partial charge in [0.2, 0.25) is 0 Å². The van der Waals surface area contributed by atoms with E-state index in [-0.39, 0.29) is 6.61 Å². The molecule has 0 aliphatic carbocycles. The largest absolute Gasteiger partial charge is 0.455 e. The lowest BCUT2D eigenvalue weighted by atomic mass is 10.4. The maximum Gasteiger partial charge on any atom is 0.334 e. The Bertz CT molecular complexity index is 329. The van der Waals surface area contributed by atoms with Crippen LogP contribution in [0, 0.1) is 0 Å². The average molecular weight is 212 g/mol. The van der Waals surface area contributed by atoms with Gasteiger partial charge in [-0.05, 0) is 0 Å². The van der Waals surface area contributed by atoms with Gasteiger partial charge in [0.05, 0.1) is 0 Å². The van der Waals surface area contributed by atoms with Gasteiger partial charge in [0.1, 0.15) is 0 Å². The van der Waals surface area contributed by atoms with Crippen molar-refractivity contribution in [1.82, 2.24) is 0 Å². The number of carbonyl (C=O) groups is 3. The van der Waals surface area contributed by atoms with Crippen molar-refractivity contribution in [3.05, 3.63) is 24.8 Å². The van der Waals surface area contributed by atoms with Gasteiger partial charge in [-0.2, -0.15) is 0 Å². The molecular weight excluding hydrogens is 204 g/mol. The number of hydrogen-bond acceptors (Lipinski definition) is 6.